The highest BCUT2D eigenvalue weighted by atomic mass is 16.5. The van der Waals surface area contributed by atoms with Crippen LogP contribution in [0.4, 0.5) is 0 Å². The average molecular weight is 212 g/mol. The lowest BCUT2D eigenvalue weighted by molar-refractivity contribution is -0.162. The molecule has 6 heteroatoms. The van der Waals surface area contributed by atoms with Gasteiger partial charge in [-0.1, -0.05) is 0 Å². The van der Waals surface area contributed by atoms with Crippen molar-refractivity contribution in [2.75, 3.05) is 26.3 Å². The lowest BCUT2D eigenvalue weighted by atomic mass is 10.3. The van der Waals surface area contributed by atoms with Crippen molar-refractivity contribution in [1.29, 1.82) is 5.26 Å². The molecule has 6 nitrogen and oxygen atoms in total. The molecule has 1 amide bonds. The van der Waals surface area contributed by atoms with Crippen LogP contribution in [-0.4, -0.2) is 49.2 Å². The first-order valence-corrected chi connectivity index (χ1v) is 4.66. The van der Waals surface area contributed by atoms with E-state index < -0.39 is 18.0 Å². The second kappa shape index (κ2) is 5.32. The van der Waals surface area contributed by atoms with Gasteiger partial charge in [0.2, 0.25) is 0 Å². The SMILES string of the molecule is CCOC(=O)C(=O)N1CCOC(C#N)C1. The zero-order chi connectivity index (χ0) is 11.3. The Morgan fingerprint density at radius 3 is 3.00 bits per heavy atom. The minimum Gasteiger partial charge on any atom is -0.459 e. The van der Waals surface area contributed by atoms with Crippen molar-refractivity contribution in [1.82, 2.24) is 4.90 Å². The van der Waals surface area contributed by atoms with E-state index in [0.717, 1.165) is 0 Å². The monoisotopic (exact) mass is 212 g/mol. The van der Waals surface area contributed by atoms with E-state index in [-0.39, 0.29) is 19.8 Å². The molecule has 1 fully saturated rings. The summed E-state index contributed by atoms with van der Waals surface area (Å²) in [5.74, 6) is -1.59. The number of amides is 1. The van der Waals surface area contributed by atoms with Crippen LogP contribution in [0.5, 0.6) is 0 Å². The molecule has 1 rings (SSSR count). The van der Waals surface area contributed by atoms with Crippen molar-refractivity contribution in [2.45, 2.75) is 13.0 Å². The molecule has 1 atom stereocenters. The quantitative estimate of drug-likeness (QED) is 0.424. The van der Waals surface area contributed by atoms with Gasteiger partial charge in [-0.25, -0.2) is 4.79 Å². The van der Waals surface area contributed by atoms with Crippen molar-refractivity contribution < 1.29 is 19.1 Å². The van der Waals surface area contributed by atoms with Crippen LogP contribution in [0, 0.1) is 11.3 Å². The molecule has 0 aromatic carbocycles. The second-order valence-electron chi connectivity index (χ2n) is 2.96. The third kappa shape index (κ3) is 2.92. The standard InChI is InChI=1S/C9H12N2O4/c1-2-14-9(13)8(12)11-3-4-15-7(5-10)6-11/h7H,2-4,6H2,1H3. The summed E-state index contributed by atoms with van der Waals surface area (Å²) in [5.41, 5.74) is 0. The van der Waals surface area contributed by atoms with Crippen LogP contribution in [0.3, 0.4) is 0 Å². The van der Waals surface area contributed by atoms with Crippen LogP contribution in [0.25, 0.3) is 0 Å². The van der Waals surface area contributed by atoms with Gasteiger partial charge in [-0.3, -0.25) is 4.79 Å². The zero-order valence-corrected chi connectivity index (χ0v) is 8.43. The number of carbonyl (C=O) groups is 2. The predicted molar refractivity (Wildman–Crippen MR) is 48.6 cm³/mol. The van der Waals surface area contributed by atoms with Crippen molar-refractivity contribution in [3.8, 4) is 6.07 Å². The lowest BCUT2D eigenvalue weighted by Crippen LogP contribution is -2.48. The van der Waals surface area contributed by atoms with E-state index >= 15 is 0 Å². The molecule has 0 spiro atoms. The number of carbonyl (C=O) groups excluding carboxylic acids is 2. The number of ether oxygens (including phenoxy) is 2. The minimum absolute atomic E-state index is 0.119. The molecule has 0 aliphatic carbocycles. The van der Waals surface area contributed by atoms with Crippen molar-refractivity contribution >= 4 is 11.9 Å². The number of esters is 1. The lowest BCUT2D eigenvalue weighted by Gasteiger charge is -2.28. The Kier molecular flexibility index (Phi) is 4.06. The fraction of sp³-hybridized carbons (Fsp3) is 0.667. The van der Waals surface area contributed by atoms with Gasteiger partial charge < -0.3 is 14.4 Å². The molecule has 1 aliphatic heterocycles. The van der Waals surface area contributed by atoms with Crippen LogP contribution in [0.15, 0.2) is 0 Å². The summed E-state index contributed by atoms with van der Waals surface area (Å²) in [4.78, 5) is 23.8. The molecule has 0 radical (unpaired) electrons. The Morgan fingerprint density at radius 1 is 1.67 bits per heavy atom. The molecule has 1 unspecified atom stereocenters. The van der Waals surface area contributed by atoms with E-state index in [1.54, 1.807) is 6.92 Å². The molecule has 82 valence electrons. The highest BCUT2D eigenvalue weighted by molar-refractivity contribution is 6.32. The zero-order valence-electron chi connectivity index (χ0n) is 8.43. The van der Waals surface area contributed by atoms with Crippen LogP contribution in [0.2, 0.25) is 0 Å². The first-order chi connectivity index (χ1) is 7.19. The topological polar surface area (TPSA) is 79.6 Å². The highest BCUT2D eigenvalue weighted by Gasteiger charge is 2.28. The Morgan fingerprint density at radius 2 is 2.40 bits per heavy atom. The molecule has 15 heavy (non-hydrogen) atoms. The highest BCUT2D eigenvalue weighted by Crippen LogP contribution is 2.05. The van der Waals surface area contributed by atoms with Gasteiger partial charge in [0.25, 0.3) is 0 Å². The molecule has 0 aromatic heterocycles. The maximum atomic E-state index is 11.4. The number of rotatable bonds is 1. The van der Waals surface area contributed by atoms with Crippen LogP contribution < -0.4 is 0 Å². The summed E-state index contributed by atoms with van der Waals surface area (Å²) in [6, 6.07) is 1.89. The van der Waals surface area contributed by atoms with E-state index in [1.165, 1.54) is 4.90 Å². The van der Waals surface area contributed by atoms with Gasteiger partial charge in [-0.15, -0.1) is 0 Å². The number of nitriles is 1. The van der Waals surface area contributed by atoms with Gasteiger partial charge in [-0.2, -0.15) is 5.26 Å². The summed E-state index contributed by atoms with van der Waals surface area (Å²) in [5, 5.41) is 8.60. The molecular weight excluding hydrogens is 200 g/mol. The Hall–Kier alpha value is -1.61. The first kappa shape index (κ1) is 11.5. The molecule has 1 heterocycles. The largest absolute Gasteiger partial charge is 0.459 e. The van der Waals surface area contributed by atoms with Crippen LogP contribution in [-0.2, 0) is 19.1 Å². The first-order valence-electron chi connectivity index (χ1n) is 4.66. The van der Waals surface area contributed by atoms with Crippen molar-refractivity contribution in [3.63, 3.8) is 0 Å². The summed E-state index contributed by atoms with van der Waals surface area (Å²) in [6.45, 7) is 2.49. The second-order valence-corrected chi connectivity index (χ2v) is 2.96. The molecule has 0 saturated carbocycles. The van der Waals surface area contributed by atoms with Gasteiger partial charge >= 0.3 is 11.9 Å². The van der Waals surface area contributed by atoms with E-state index in [2.05, 4.69) is 4.74 Å². The summed E-state index contributed by atoms with van der Waals surface area (Å²) in [6.07, 6.45) is -0.655. The van der Waals surface area contributed by atoms with Gasteiger partial charge in [-0.05, 0) is 6.92 Å². The van der Waals surface area contributed by atoms with E-state index in [1.807, 2.05) is 6.07 Å². The molecule has 1 aliphatic rings. The maximum absolute atomic E-state index is 11.4. The van der Waals surface area contributed by atoms with Gasteiger partial charge in [0, 0.05) is 6.54 Å². The molecular formula is C9H12N2O4. The number of hydrogen-bond donors (Lipinski definition) is 0. The van der Waals surface area contributed by atoms with E-state index in [9.17, 15) is 9.59 Å². The van der Waals surface area contributed by atoms with Crippen molar-refractivity contribution in [2.24, 2.45) is 0 Å². The fourth-order valence-corrected chi connectivity index (χ4v) is 1.23. The minimum atomic E-state index is -0.879. The van der Waals surface area contributed by atoms with Crippen molar-refractivity contribution in [3.05, 3.63) is 0 Å². The van der Waals surface area contributed by atoms with E-state index in [4.69, 9.17) is 10.00 Å². The van der Waals surface area contributed by atoms with Gasteiger partial charge in [0.15, 0.2) is 6.10 Å². The summed E-state index contributed by atoms with van der Waals surface area (Å²) >= 11 is 0. The van der Waals surface area contributed by atoms with Gasteiger partial charge in [0.1, 0.15) is 0 Å². The Labute approximate surface area is 87.4 Å². The number of morpholine rings is 1. The van der Waals surface area contributed by atoms with E-state index in [0.29, 0.717) is 6.54 Å². The normalized spacial score (nSPS) is 20.5. The third-order valence-corrected chi connectivity index (χ3v) is 1.95. The van der Waals surface area contributed by atoms with Crippen LogP contribution >= 0.6 is 0 Å². The predicted octanol–water partition coefficient (Wildman–Crippen LogP) is -0.700. The Balaban J connectivity index is 2.53. The smallest absolute Gasteiger partial charge is 0.397 e. The van der Waals surface area contributed by atoms with Crippen LogP contribution in [0.1, 0.15) is 6.92 Å². The third-order valence-electron chi connectivity index (χ3n) is 1.95. The molecule has 0 aromatic rings. The molecule has 0 bridgehead atoms. The summed E-state index contributed by atoms with van der Waals surface area (Å²) in [7, 11) is 0. The maximum Gasteiger partial charge on any atom is 0.397 e. The molecule has 1 saturated heterocycles. The Bertz CT molecular complexity index is 297. The number of nitrogens with zero attached hydrogens (tertiary/aromatic N) is 2. The summed E-state index contributed by atoms with van der Waals surface area (Å²) < 4.78 is 9.61. The number of hydrogen-bond acceptors (Lipinski definition) is 5. The molecule has 0 N–H and O–H groups in total. The average Bonchev–Trinajstić information content (AvgIpc) is 2.28. The fourth-order valence-electron chi connectivity index (χ4n) is 1.23. The van der Waals surface area contributed by atoms with Gasteiger partial charge in [0.05, 0.1) is 25.8 Å².